The van der Waals surface area contributed by atoms with Crippen molar-refractivity contribution < 1.29 is 76.0 Å². The first-order chi connectivity index (χ1) is 12.7. The molecule has 0 saturated carbocycles. The van der Waals surface area contributed by atoms with Gasteiger partial charge in [-0.2, -0.15) is 0 Å². The monoisotopic (exact) mass is 424 g/mol. The van der Waals surface area contributed by atoms with Crippen LogP contribution in [0.15, 0.2) is 36.5 Å². The number of hydrogen-bond donors (Lipinski definition) is 1. The van der Waals surface area contributed by atoms with Gasteiger partial charge in [0.2, 0.25) is 5.91 Å². The third-order valence-electron chi connectivity index (χ3n) is 5.19. The van der Waals surface area contributed by atoms with Gasteiger partial charge in [0.25, 0.3) is 0 Å². The topological polar surface area (TPSA) is 111 Å². The number of benzene rings is 1. The van der Waals surface area contributed by atoms with E-state index in [0.29, 0.717) is 0 Å². The summed E-state index contributed by atoms with van der Waals surface area (Å²) in [6.45, 7) is 3.42. The molecule has 4 rings (SSSR count). The molecule has 2 aliphatic heterocycles. The molecule has 4 atom stereocenters. The Kier molecular flexibility index (Phi) is 6.09. The second-order valence-electron chi connectivity index (χ2n) is 7.33. The number of β-lactam (4-membered cyclic amide) rings is 1. The number of aliphatic hydroxyl groups is 1. The minimum atomic E-state index is -1.55. The summed E-state index contributed by atoms with van der Waals surface area (Å²) in [6.07, 6.45) is -0.171. The molecule has 3 heterocycles. The van der Waals surface area contributed by atoms with Crippen LogP contribution < -0.4 is 56.5 Å². The average Bonchev–Trinajstić information content (AvgIpc) is 2.88. The van der Waals surface area contributed by atoms with Crippen LogP contribution in [-0.2, 0) is 9.59 Å². The second-order valence-corrected chi connectivity index (χ2v) is 9.10. The van der Waals surface area contributed by atoms with Crippen LogP contribution in [0.25, 0.3) is 10.9 Å². The number of carbonyl (C=O) groups is 3. The molecule has 0 spiro atoms. The van der Waals surface area contributed by atoms with Crippen molar-refractivity contribution >= 4 is 40.3 Å². The van der Waals surface area contributed by atoms with Crippen molar-refractivity contribution in [3.8, 4) is 0 Å². The van der Waals surface area contributed by atoms with Gasteiger partial charge < -0.3 is 19.9 Å². The quantitative estimate of drug-likeness (QED) is 0.321. The fourth-order valence-electron chi connectivity index (χ4n) is 3.85. The number of carboxylic acid groups (broad SMARTS) is 1. The molecule has 0 unspecified atom stereocenters. The zero-order chi connectivity index (χ0) is 19.5. The van der Waals surface area contributed by atoms with Gasteiger partial charge >= 0.3 is 51.4 Å². The predicted octanol–water partition coefficient (Wildman–Crippen LogP) is -2.79. The van der Waals surface area contributed by atoms with E-state index in [9.17, 15) is 24.6 Å². The molecule has 1 N–H and O–H groups in total. The maximum atomic E-state index is 12.7. The van der Waals surface area contributed by atoms with E-state index in [1.165, 1.54) is 22.9 Å². The van der Waals surface area contributed by atoms with E-state index >= 15 is 0 Å². The minimum Gasteiger partial charge on any atom is -0.548 e. The predicted molar refractivity (Wildman–Crippen MR) is 96.7 cm³/mol. The summed E-state index contributed by atoms with van der Waals surface area (Å²) < 4.78 is -0.763. The summed E-state index contributed by atoms with van der Waals surface area (Å²) in [5.41, 5.74) is 0.936. The third kappa shape index (κ3) is 3.36. The molecule has 0 radical (unpaired) electrons. The van der Waals surface area contributed by atoms with Crippen LogP contribution in [0.1, 0.15) is 24.2 Å². The number of carboxylic acids is 1. The molecular weight excluding hydrogens is 407 g/mol. The molecule has 28 heavy (non-hydrogen) atoms. The molecule has 7 nitrogen and oxygen atoms in total. The van der Waals surface area contributed by atoms with Crippen molar-refractivity contribution in [2.75, 3.05) is 0 Å². The molecule has 2 aromatic rings. The molecule has 1 amide bonds. The van der Waals surface area contributed by atoms with Crippen molar-refractivity contribution in [1.82, 2.24) is 9.88 Å². The Balaban J connectivity index is 0.00000225. The fourth-order valence-corrected chi connectivity index (χ4v) is 5.57. The number of nitrogens with zero attached hydrogens (tertiary/aromatic N) is 2. The van der Waals surface area contributed by atoms with E-state index in [1.807, 2.05) is 24.3 Å². The number of fused-ring (bicyclic) bond motifs is 2. The first-order valence-electron chi connectivity index (χ1n) is 8.50. The van der Waals surface area contributed by atoms with Crippen molar-refractivity contribution in [1.29, 1.82) is 0 Å². The summed E-state index contributed by atoms with van der Waals surface area (Å²) in [6, 6.07) is 7.82. The molecule has 1 aromatic carbocycles. The summed E-state index contributed by atoms with van der Waals surface area (Å²) >= 11 is 1.27. The van der Waals surface area contributed by atoms with Crippen LogP contribution in [0, 0.1) is 5.92 Å². The van der Waals surface area contributed by atoms with Gasteiger partial charge in [-0.05, 0) is 26.0 Å². The number of rotatable bonds is 4. The van der Waals surface area contributed by atoms with E-state index < -0.39 is 45.8 Å². The fraction of sp³-hybridized carbons (Fsp3) is 0.368. The van der Waals surface area contributed by atoms with E-state index in [-0.39, 0.29) is 56.9 Å². The Morgan fingerprint density at radius 2 is 2.00 bits per heavy atom. The third-order valence-corrected chi connectivity index (χ3v) is 6.78. The first kappa shape index (κ1) is 21.9. The molecule has 140 valence electrons. The molecule has 1 aromatic heterocycles. The smallest absolute Gasteiger partial charge is 0.548 e. The number of aromatic nitrogens is 1. The van der Waals surface area contributed by atoms with E-state index in [2.05, 4.69) is 4.98 Å². The largest absolute Gasteiger partial charge is 1.00 e. The van der Waals surface area contributed by atoms with Gasteiger partial charge in [-0.1, -0.05) is 18.2 Å². The van der Waals surface area contributed by atoms with Gasteiger partial charge in [-0.15, -0.1) is 11.8 Å². The first-order valence-corrected chi connectivity index (χ1v) is 9.38. The summed E-state index contributed by atoms with van der Waals surface area (Å²) in [5.74, 6) is -3.44. The number of hydrogen-bond acceptors (Lipinski definition) is 7. The van der Waals surface area contributed by atoms with Crippen LogP contribution in [-0.4, -0.2) is 54.9 Å². The number of carbonyl (C=O) groups excluding carboxylic acids is 3. The molecule has 9 heteroatoms. The molecule has 2 aliphatic rings. The zero-order valence-corrected chi connectivity index (χ0v) is 19.6. The number of aliphatic hydroxyl groups excluding tert-OH is 1. The maximum Gasteiger partial charge on any atom is 1.00 e. The van der Waals surface area contributed by atoms with E-state index in [1.54, 1.807) is 19.9 Å². The average molecular weight is 425 g/mol. The maximum absolute atomic E-state index is 12.7. The van der Waals surface area contributed by atoms with Gasteiger partial charge in [0.05, 0.1) is 22.9 Å². The van der Waals surface area contributed by atoms with E-state index in [0.717, 1.165) is 10.9 Å². The van der Waals surface area contributed by atoms with Crippen molar-refractivity contribution in [3.05, 3.63) is 42.1 Å². The number of para-hydroxylation sites is 1. The molecule has 2 saturated heterocycles. The van der Waals surface area contributed by atoms with E-state index in [4.69, 9.17) is 0 Å². The van der Waals surface area contributed by atoms with Crippen LogP contribution in [0.5, 0.6) is 0 Å². The number of amides is 1. The van der Waals surface area contributed by atoms with Crippen molar-refractivity contribution in [3.63, 3.8) is 0 Å². The Labute approximate surface area is 208 Å². The molecular formula is C19H17KN2O5S. The summed E-state index contributed by atoms with van der Waals surface area (Å²) in [4.78, 5) is 42.1. The van der Waals surface area contributed by atoms with Gasteiger partial charge in [-0.3, -0.25) is 14.6 Å². The van der Waals surface area contributed by atoms with Crippen molar-refractivity contribution in [2.45, 2.75) is 36.1 Å². The second kappa shape index (κ2) is 7.79. The minimum absolute atomic E-state index is 0. The van der Waals surface area contributed by atoms with Gasteiger partial charge in [0, 0.05) is 21.9 Å². The molecule has 0 aliphatic carbocycles. The Hall–Kier alpha value is -0.814. The Morgan fingerprint density at radius 3 is 2.68 bits per heavy atom. The van der Waals surface area contributed by atoms with Crippen LogP contribution in [0.3, 0.4) is 0 Å². The Morgan fingerprint density at radius 1 is 1.32 bits per heavy atom. The van der Waals surface area contributed by atoms with Gasteiger partial charge in [0.15, 0.2) is 5.78 Å². The molecule has 0 bridgehead atoms. The summed E-state index contributed by atoms with van der Waals surface area (Å²) in [5, 5.41) is 22.2. The van der Waals surface area contributed by atoms with Gasteiger partial charge in [0.1, 0.15) is 12.0 Å². The van der Waals surface area contributed by atoms with Crippen molar-refractivity contribution in [2.24, 2.45) is 5.92 Å². The number of aliphatic carboxylic acids is 1. The Bertz CT molecular complexity index is 982. The van der Waals surface area contributed by atoms with Gasteiger partial charge in [-0.25, -0.2) is 0 Å². The number of ketones is 1. The van der Waals surface area contributed by atoms with Crippen LogP contribution >= 0.6 is 11.8 Å². The summed E-state index contributed by atoms with van der Waals surface area (Å²) in [7, 11) is 0. The standard InChI is InChI=1S/C19H18N2O5S.K/c1-19(2)15(18(25)26)21-16(24)12(17(21)27-19)14(23)13(22)10-7-9-5-3-4-6-11(9)20-8-10;/h3-8,12,14-15,17,23H,1-2H3,(H,25,26);/q;+1/p-1/t12-,14+,15+,17-;/m1./s1. The number of Topliss-reactive ketones (excluding diaryl/α,β-unsaturated/α-hetero) is 1. The normalized spacial score (nSPS) is 26.2. The number of pyridine rings is 1. The SMILES string of the molecule is CC1(C)S[C@@H]2[C@H]([C@H](O)C(=O)c3cnc4ccccc4c3)C(=O)N2[C@H]1C(=O)[O-].[K+]. The zero-order valence-electron chi connectivity index (χ0n) is 15.7. The van der Waals surface area contributed by atoms with Crippen LogP contribution in [0.2, 0.25) is 0 Å². The molecule has 2 fully saturated rings. The number of thioether (sulfide) groups is 1. The van der Waals surface area contributed by atoms with Crippen LogP contribution in [0.4, 0.5) is 0 Å².